The summed E-state index contributed by atoms with van der Waals surface area (Å²) < 4.78 is 29.1. The Kier molecular flexibility index (Phi) is 5.21. The number of nitrogens with zero attached hydrogens (tertiary/aromatic N) is 4. The number of aryl methyl sites for hydroxylation is 1. The van der Waals surface area contributed by atoms with E-state index in [0.717, 1.165) is 37.0 Å². The number of aromatic nitrogens is 3. The summed E-state index contributed by atoms with van der Waals surface area (Å²) in [6, 6.07) is 6.68. The third-order valence-electron chi connectivity index (χ3n) is 5.13. The van der Waals surface area contributed by atoms with Gasteiger partial charge in [-0.15, -0.1) is 10.2 Å². The van der Waals surface area contributed by atoms with Gasteiger partial charge in [0.2, 0.25) is 5.95 Å². The number of nitrogens with one attached hydrogen (secondary N) is 1. The molecular formula is C20H22ClF2N5. The van der Waals surface area contributed by atoms with Gasteiger partial charge in [0.05, 0.1) is 5.52 Å². The van der Waals surface area contributed by atoms with Gasteiger partial charge in [-0.1, -0.05) is 17.7 Å². The average molecular weight is 406 g/mol. The molecule has 0 amide bonds. The number of rotatable bonds is 4. The molecule has 3 heterocycles. The van der Waals surface area contributed by atoms with Crippen LogP contribution in [0.1, 0.15) is 30.4 Å². The van der Waals surface area contributed by atoms with Crippen LogP contribution in [0.15, 0.2) is 30.5 Å². The fourth-order valence-corrected chi connectivity index (χ4v) is 4.02. The highest BCUT2D eigenvalue weighted by molar-refractivity contribution is 6.30. The Bertz CT molecular complexity index is 1000. The van der Waals surface area contributed by atoms with Crippen molar-refractivity contribution in [3.05, 3.63) is 46.6 Å². The molecule has 1 saturated heterocycles. The highest BCUT2D eigenvalue weighted by Crippen LogP contribution is 2.35. The maximum Gasteiger partial charge on any atom is 0.264 e. The molecule has 28 heavy (non-hydrogen) atoms. The van der Waals surface area contributed by atoms with Gasteiger partial charge < -0.3 is 10.2 Å². The van der Waals surface area contributed by atoms with Gasteiger partial charge in [-0.3, -0.25) is 4.40 Å². The molecule has 1 atom stereocenters. The van der Waals surface area contributed by atoms with Crippen molar-refractivity contribution in [2.75, 3.05) is 25.5 Å². The number of fused-ring (bicyclic) bond motifs is 1. The molecule has 1 N–H and O–H groups in total. The first kappa shape index (κ1) is 19.1. The smallest absolute Gasteiger partial charge is 0.264 e. The molecule has 1 unspecified atom stereocenters. The summed E-state index contributed by atoms with van der Waals surface area (Å²) >= 11 is 5.93. The SMILES string of the molecule is Cc1cc2c(-c3ccc(Cl)cc3C(F)F)nnc(NC3CCCN(C)C3)n2c1. The number of anilines is 1. The number of piperidine rings is 1. The Balaban J connectivity index is 1.78. The summed E-state index contributed by atoms with van der Waals surface area (Å²) in [5.74, 6) is 0.625. The Hall–Kier alpha value is -2.25. The summed E-state index contributed by atoms with van der Waals surface area (Å²) in [5.41, 5.74) is 2.37. The molecule has 3 aromatic rings. The van der Waals surface area contributed by atoms with Crippen LogP contribution in [0.3, 0.4) is 0 Å². The lowest BCUT2D eigenvalue weighted by Crippen LogP contribution is -2.40. The van der Waals surface area contributed by atoms with E-state index < -0.39 is 6.43 Å². The molecule has 4 rings (SSSR count). The molecule has 1 aliphatic heterocycles. The van der Waals surface area contributed by atoms with Gasteiger partial charge >= 0.3 is 0 Å². The number of benzene rings is 1. The van der Waals surface area contributed by atoms with Gasteiger partial charge in [0.15, 0.2) is 0 Å². The van der Waals surface area contributed by atoms with Crippen molar-refractivity contribution in [3.8, 4) is 11.3 Å². The van der Waals surface area contributed by atoms with Crippen LogP contribution in [0.25, 0.3) is 16.8 Å². The van der Waals surface area contributed by atoms with Crippen LogP contribution in [-0.2, 0) is 0 Å². The topological polar surface area (TPSA) is 45.5 Å². The summed E-state index contributed by atoms with van der Waals surface area (Å²) in [7, 11) is 2.10. The fourth-order valence-electron chi connectivity index (χ4n) is 3.84. The lowest BCUT2D eigenvalue weighted by atomic mass is 10.0. The van der Waals surface area contributed by atoms with Crippen molar-refractivity contribution in [2.24, 2.45) is 0 Å². The molecule has 1 aromatic carbocycles. The second kappa shape index (κ2) is 7.64. The normalized spacial score (nSPS) is 18.1. The molecule has 0 saturated carbocycles. The van der Waals surface area contributed by atoms with Crippen LogP contribution in [0.2, 0.25) is 5.02 Å². The number of likely N-dealkylation sites (tertiary alicyclic amines) is 1. The molecule has 1 aliphatic rings. The molecule has 0 aliphatic carbocycles. The van der Waals surface area contributed by atoms with Crippen molar-refractivity contribution in [1.29, 1.82) is 0 Å². The predicted octanol–water partition coefficient (Wildman–Crippen LogP) is 4.80. The molecule has 2 aromatic heterocycles. The van der Waals surface area contributed by atoms with Gasteiger partial charge in [0.1, 0.15) is 5.69 Å². The maximum atomic E-state index is 13.6. The van der Waals surface area contributed by atoms with Crippen molar-refractivity contribution < 1.29 is 8.78 Å². The number of alkyl halides is 2. The lowest BCUT2D eigenvalue weighted by molar-refractivity contribution is 0.152. The first-order chi connectivity index (χ1) is 13.4. The summed E-state index contributed by atoms with van der Waals surface area (Å²) in [5, 5.41) is 12.4. The van der Waals surface area contributed by atoms with Crippen LogP contribution in [0.4, 0.5) is 14.7 Å². The van der Waals surface area contributed by atoms with E-state index in [1.807, 2.05) is 23.6 Å². The summed E-state index contributed by atoms with van der Waals surface area (Å²) in [6.07, 6.45) is 1.47. The standard InChI is InChI=1S/C20H22ClF2N5/c1-12-8-17-18(15-6-5-13(21)9-16(15)19(22)23)25-26-20(28(17)10-12)24-14-4-3-7-27(2)11-14/h5-6,8-10,14,19H,3-4,7,11H2,1-2H3,(H,24,26). The number of halogens is 3. The summed E-state index contributed by atoms with van der Waals surface area (Å²) in [4.78, 5) is 2.28. The average Bonchev–Trinajstić information content (AvgIpc) is 3.04. The van der Waals surface area contributed by atoms with Crippen LogP contribution in [0, 0.1) is 6.92 Å². The summed E-state index contributed by atoms with van der Waals surface area (Å²) in [6.45, 7) is 3.98. The zero-order valence-corrected chi connectivity index (χ0v) is 16.5. The zero-order chi connectivity index (χ0) is 19.8. The van der Waals surface area contributed by atoms with E-state index in [0.29, 0.717) is 17.2 Å². The number of likely N-dealkylation sites (N-methyl/N-ethyl adjacent to an activating group) is 1. The Morgan fingerprint density at radius 2 is 2.07 bits per heavy atom. The van der Waals surface area contributed by atoms with Crippen molar-refractivity contribution >= 4 is 23.1 Å². The minimum absolute atomic E-state index is 0.142. The van der Waals surface area contributed by atoms with Gasteiger partial charge in [-0.05, 0) is 57.1 Å². The Morgan fingerprint density at radius 3 is 2.82 bits per heavy atom. The molecule has 8 heteroatoms. The minimum atomic E-state index is -2.65. The second-order valence-electron chi connectivity index (χ2n) is 7.42. The first-order valence-corrected chi connectivity index (χ1v) is 9.68. The maximum absolute atomic E-state index is 13.6. The van der Waals surface area contributed by atoms with Gasteiger partial charge in [-0.2, -0.15) is 0 Å². The van der Waals surface area contributed by atoms with E-state index in [4.69, 9.17) is 11.6 Å². The Labute approximate surface area is 167 Å². The molecule has 5 nitrogen and oxygen atoms in total. The van der Waals surface area contributed by atoms with Crippen LogP contribution in [-0.4, -0.2) is 45.7 Å². The number of hydrogen-bond acceptors (Lipinski definition) is 4. The van der Waals surface area contributed by atoms with Crippen molar-refractivity contribution in [3.63, 3.8) is 0 Å². The van der Waals surface area contributed by atoms with E-state index in [2.05, 4.69) is 27.5 Å². The first-order valence-electron chi connectivity index (χ1n) is 9.31. The fraction of sp³-hybridized carbons (Fsp3) is 0.400. The minimum Gasteiger partial charge on any atom is -0.350 e. The van der Waals surface area contributed by atoms with E-state index >= 15 is 0 Å². The molecule has 148 valence electrons. The third-order valence-corrected chi connectivity index (χ3v) is 5.37. The molecule has 1 fully saturated rings. The second-order valence-corrected chi connectivity index (χ2v) is 7.86. The van der Waals surface area contributed by atoms with Crippen LogP contribution >= 0.6 is 11.6 Å². The van der Waals surface area contributed by atoms with Crippen molar-refractivity contribution in [1.82, 2.24) is 19.5 Å². The van der Waals surface area contributed by atoms with Gasteiger partial charge in [-0.25, -0.2) is 8.78 Å². The van der Waals surface area contributed by atoms with Gasteiger partial charge in [0, 0.05) is 34.9 Å². The lowest BCUT2D eigenvalue weighted by Gasteiger charge is -2.30. The monoisotopic (exact) mass is 405 g/mol. The predicted molar refractivity (Wildman–Crippen MR) is 107 cm³/mol. The zero-order valence-electron chi connectivity index (χ0n) is 15.8. The molecule has 0 spiro atoms. The van der Waals surface area contributed by atoms with Crippen LogP contribution in [0.5, 0.6) is 0 Å². The Morgan fingerprint density at radius 1 is 1.25 bits per heavy atom. The van der Waals surface area contributed by atoms with Gasteiger partial charge in [0.25, 0.3) is 6.43 Å². The van der Waals surface area contributed by atoms with E-state index in [9.17, 15) is 8.78 Å². The third kappa shape index (κ3) is 3.69. The van der Waals surface area contributed by atoms with E-state index in [1.165, 1.54) is 6.07 Å². The molecular weight excluding hydrogens is 384 g/mol. The molecule has 0 radical (unpaired) electrons. The van der Waals surface area contributed by atoms with Crippen LogP contribution < -0.4 is 5.32 Å². The van der Waals surface area contributed by atoms with E-state index in [1.54, 1.807) is 12.1 Å². The quantitative estimate of drug-likeness (QED) is 0.677. The highest BCUT2D eigenvalue weighted by Gasteiger charge is 2.22. The van der Waals surface area contributed by atoms with Crippen molar-refractivity contribution in [2.45, 2.75) is 32.2 Å². The largest absolute Gasteiger partial charge is 0.350 e. The molecule has 0 bridgehead atoms. The van der Waals surface area contributed by atoms with E-state index in [-0.39, 0.29) is 16.6 Å². The number of hydrogen-bond donors (Lipinski definition) is 1. The highest BCUT2D eigenvalue weighted by atomic mass is 35.5.